The summed E-state index contributed by atoms with van der Waals surface area (Å²) in [6.45, 7) is 1.32. The molecule has 6 nitrogen and oxygen atoms in total. The molecular formula is C21H17F3N2O4S. The van der Waals surface area contributed by atoms with Gasteiger partial charge in [0.05, 0.1) is 11.3 Å². The molecule has 2 amide bonds. The van der Waals surface area contributed by atoms with Crippen LogP contribution in [0, 0.1) is 0 Å². The van der Waals surface area contributed by atoms with Crippen LogP contribution in [-0.2, 0) is 25.3 Å². The third-order valence-electron chi connectivity index (χ3n) is 5.10. The minimum atomic E-state index is -4.55. The topological polar surface area (TPSA) is 75.7 Å². The Labute approximate surface area is 179 Å². The van der Waals surface area contributed by atoms with Crippen molar-refractivity contribution in [3.05, 3.63) is 54.1 Å². The Morgan fingerprint density at radius 1 is 1.19 bits per heavy atom. The number of fused-ring (bicyclic) bond motifs is 3. The van der Waals surface area contributed by atoms with E-state index in [0.717, 1.165) is 17.0 Å². The number of ether oxygens (including phenoxy) is 1. The van der Waals surface area contributed by atoms with Gasteiger partial charge in [0.15, 0.2) is 11.0 Å². The van der Waals surface area contributed by atoms with Crippen LogP contribution in [0.25, 0.3) is 0 Å². The van der Waals surface area contributed by atoms with E-state index in [0.29, 0.717) is 5.69 Å². The summed E-state index contributed by atoms with van der Waals surface area (Å²) >= 11 is 1.20. The Morgan fingerprint density at radius 3 is 2.68 bits per heavy atom. The number of alkyl halides is 3. The zero-order chi connectivity index (χ0) is 22.4. The van der Waals surface area contributed by atoms with Crippen LogP contribution in [0.5, 0.6) is 0 Å². The molecule has 10 heteroatoms. The monoisotopic (exact) mass is 450 g/mol. The first kappa shape index (κ1) is 21.2. The number of benzene rings is 2. The van der Waals surface area contributed by atoms with Crippen molar-refractivity contribution in [2.24, 2.45) is 0 Å². The number of nitrogens with one attached hydrogen (secondary N) is 1. The normalized spacial score (nSPS) is 20.8. The molecule has 2 aromatic rings. The lowest BCUT2D eigenvalue weighted by Gasteiger charge is -2.29. The van der Waals surface area contributed by atoms with E-state index in [9.17, 15) is 27.6 Å². The van der Waals surface area contributed by atoms with Gasteiger partial charge < -0.3 is 10.1 Å². The van der Waals surface area contributed by atoms with Gasteiger partial charge in [-0.1, -0.05) is 30.0 Å². The third-order valence-corrected chi connectivity index (χ3v) is 6.56. The van der Waals surface area contributed by atoms with Gasteiger partial charge in [-0.05, 0) is 37.3 Å². The quantitative estimate of drug-likeness (QED) is 0.707. The zero-order valence-electron chi connectivity index (χ0n) is 16.2. The average molecular weight is 450 g/mol. The lowest BCUT2D eigenvalue weighted by molar-refractivity contribution is -0.155. The second kappa shape index (κ2) is 7.60. The SMILES string of the molecule is C[C@@H](OC(=O)[C@]12CCC(=O)N1c1ccccc1S2)C(=O)Nc1cccc(C(F)(F)F)c1. The minimum Gasteiger partial charge on any atom is -0.450 e. The van der Waals surface area contributed by atoms with Crippen molar-refractivity contribution in [3.63, 3.8) is 0 Å². The van der Waals surface area contributed by atoms with Crippen LogP contribution in [0.1, 0.15) is 25.3 Å². The van der Waals surface area contributed by atoms with Crippen LogP contribution < -0.4 is 10.2 Å². The van der Waals surface area contributed by atoms with Gasteiger partial charge in [-0.2, -0.15) is 13.2 Å². The lowest BCUT2D eigenvalue weighted by Crippen LogP contribution is -2.49. The molecule has 2 aromatic carbocycles. The van der Waals surface area contributed by atoms with Gasteiger partial charge in [0.1, 0.15) is 0 Å². The molecule has 31 heavy (non-hydrogen) atoms. The molecule has 0 radical (unpaired) electrons. The number of carbonyl (C=O) groups excluding carboxylic acids is 3. The maximum atomic E-state index is 13.1. The first-order valence-corrected chi connectivity index (χ1v) is 10.2. The van der Waals surface area contributed by atoms with E-state index < -0.39 is 34.6 Å². The molecule has 4 rings (SSSR count). The summed E-state index contributed by atoms with van der Waals surface area (Å²) in [4.78, 5) is 38.8. The maximum Gasteiger partial charge on any atom is 0.416 e. The van der Waals surface area contributed by atoms with E-state index in [4.69, 9.17) is 4.74 Å². The van der Waals surface area contributed by atoms with Crippen LogP contribution in [0.15, 0.2) is 53.4 Å². The van der Waals surface area contributed by atoms with E-state index in [1.54, 1.807) is 24.3 Å². The van der Waals surface area contributed by atoms with Crippen molar-refractivity contribution in [2.45, 2.75) is 41.8 Å². The first-order chi connectivity index (χ1) is 14.6. The standard InChI is InChI=1S/C21H17F3N2O4S/c1-12(18(28)25-14-6-4-5-13(11-14)21(22,23)24)30-19(29)20-10-9-17(27)26(20)15-7-2-3-8-16(15)31-20/h2-8,11-12H,9-10H2,1H3,(H,25,28)/t12-,20-/m1/s1. The number of amides is 2. The highest BCUT2D eigenvalue weighted by Crippen LogP contribution is 2.56. The Hall–Kier alpha value is -3.01. The fraction of sp³-hybridized carbons (Fsp3) is 0.286. The fourth-order valence-corrected chi connectivity index (χ4v) is 5.00. The van der Waals surface area contributed by atoms with Crippen molar-refractivity contribution in [3.8, 4) is 0 Å². The minimum absolute atomic E-state index is 0.0683. The summed E-state index contributed by atoms with van der Waals surface area (Å²) in [5.41, 5.74) is -0.358. The number of carbonyl (C=O) groups is 3. The highest BCUT2D eigenvalue weighted by Gasteiger charge is 2.59. The molecule has 0 spiro atoms. The summed E-state index contributed by atoms with van der Waals surface area (Å²) in [6, 6.07) is 11.3. The summed E-state index contributed by atoms with van der Waals surface area (Å²) in [5.74, 6) is -1.73. The van der Waals surface area contributed by atoms with Gasteiger partial charge in [-0.25, -0.2) is 4.79 Å². The van der Waals surface area contributed by atoms with E-state index >= 15 is 0 Å². The fourth-order valence-electron chi connectivity index (χ4n) is 3.60. The summed E-state index contributed by atoms with van der Waals surface area (Å²) < 4.78 is 43.9. The number of halogens is 3. The average Bonchev–Trinajstić information content (AvgIpc) is 3.23. The van der Waals surface area contributed by atoms with E-state index in [-0.39, 0.29) is 24.4 Å². The number of esters is 1. The molecule has 2 heterocycles. The predicted molar refractivity (Wildman–Crippen MR) is 107 cm³/mol. The maximum absolute atomic E-state index is 13.1. The number of hydrogen-bond donors (Lipinski definition) is 1. The molecule has 1 fully saturated rings. The Bertz CT molecular complexity index is 1070. The molecular weight excluding hydrogens is 433 g/mol. The van der Waals surface area contributed by atoms with Crippen molar-refractivity contribution in [1.82, 2.24) is 0 Å². The van der Waals surface area contributed by atoms with Crippen LogP contribution in [0.3, 0.4) is 0 Å². The van der Waals surface area contributed by atoms with Crippen LogP contribution in [0.4, 0.5) is 24.5 Å². The number of para-hydroxylation sites is 1. The number of anilines is 2. The first-order valence-electron chi connectivity index (χ1n) is 9.42. The molecule has 2 aliphatic rings. The number of rotatable bonds is 4. The Kier molecular flexibility index (Phi) is 5.20. The smallest absolute Gasteiger partial charge is 0.416 e. The zero-order valence-corrected chi connectivity index (χ0v) is 17.0. The third kappa shape index (κ3) is 3.76. The van der Waals surface area contributed by atoms with Crippen LogP contribution >= 0.6 is 11.8 Å². The van der Waals surface area contributed by atoms with Crippen molar-refractivity contribution in [2.75, 3.05) is 10.2 Å². The van der Waals surface area contributed by atoms with Crippen molar-refractivity contribution in [1.29, 1.82) is 0 Å². The highest BCUT2D eigenvalue weighted by molar-refractivity contribution is 8.02. The molecule has 2 atom stereocenters. The largest absolute Gasteiger partial charge is 0.450 e. The molecule has 0 unspecified atom stereocenters. The van der Waals surface area contributed by atoms with E-state index in [1.807, 2.05) is 0 Å². The van der Waals surface area contributed by atoms with Crippen LogP contribution in [0.2, 0.25) is 0 Å². The lowest BCUT2D eigenvalue weighted by atomic mass is 10.2. The molecule has 0 aliphatic carbocycles. The molecule has 162 valence electrons. The Balaban J connectivity index is 1.48. The summed E-state index contributed by atoms with van der Waals surface area (Å²) in [7, 11) is 0. The number of thioether (sulfide) groups is 1. The Morgan fingerprint density at radius 2 is 1.94 bits per heavy atom. The van der Waals surface area contributed by atoms with Gasteiger partial charge in [0, 0.05) is 23.4 Å². The molecule has 1 saturated heterocycles. The van der Waals surface area contributed by atoms with Gasteiger partial charge in [0.2, 0.25) is 5.91 Å². The molecule has 2 aliphatic heterocycles. The molecule has 0 aromatic heterocycles. The number of nitrogens with zero attached hydrogens (tertiary/aromatic N) is 1. The summed E-state index contributed by atoms with van der Waals surface area (Å²) in [5, 5.41) is 2.33. The highest BCUT2D eigenvalue weighted by atomic mass is 32.2. The van der Waals surface area contributed by atoms with Gasteiger partial charge >= 0.3 is 12.1 Å². The van der Waals surface area contributed by atoms with Gasteiger partial charge in [-0.3, -0.25) is 14.5 Å². The second-order valence-electron chi connectivity index (χ2n) is 7.20. The van der Waals surface area contributed by atoms with Crippen molar-refractivity contribution >= 4 is 40.9 Å². The molecule has 1 N–H and O–H groups in total. The van der Waals surface area contributed by atoms with E-state index in [2.05, 4.69) is 5.32 Å². The predicted octanol–water partition coefficient (Wildman–Crippen LogP) is 4.20. The van der Waals surface area contributed by atoms with E-state index in [1.165, 1.54) is 35.7 Å². The number of hydrogen-bond acceptors (Lipinski definition) is 5. The van der Waals surface area contributed by atoms with Crippen LogP contribution in [-0.4, -0.2) is 28.8 Å². The van der Waals surface area contributed by atoms with Gasteiger partial charge in [0.25, 0.3) is 5.91 Å². The van der Waals surface area contributed by atoms with Crippen molar-refractivity contribution < 1.29 is 32.3 Å². The summed E-state index contributed by atoms with van der Waals surface area (Å²) in [6.07, 6.45) is -5.43. The van der Waals surface area contributed by atoms with Gasteiger partial charge in [-0.15, -0.1) is 0 Å². The molecule has 0 bridgehead atoms. The molecule has 0 saturated carbocycles. The second-order valence-corrected chi connectivity index (χ2v) is 8.52.